The van der Waals surface area contributed by atoms with E-state index in [1.807, 2.05) is 0 Å². The summed E-state index contributed by atoms with van der Waals surface area (Å²) in [4.78, 5) is 0. The van der Waals surface area contributed by atoms with Crippen LogP contribution in [0.3, 0.4) is 0 Å². The number of nitrogens with two attached hydrogens (primary N) is 1. The first-order valence-corrected chi connectivity index (χ1v) is 5.66. The van der Waals surface area contributed by atoms with Gasteiger partial charge in [-0.15, -0.1) is 0 Å². The van der Waals surface area contributed by atoms with Crippen LogP contribution in [0.15, 0.2) is 23.4 Å². The van der Waals surface area contributed by atoms with Crippen molar-refractivity contribution in [1.29, 1.82) is 0 Å². The number of benzene rings is 1. The van der Waals surface area contributed by atoms with Crippen LogP contribution in [0.1, 0.15) is 5.56 Å². The van der Waals surface area contributed by atoms with Crippen molar-refractivity contribution in [1.82, 2.24) is 0 Å². The largest absolute Gasteiger partial charge is 0.488 e. The number of oxime groups is 1. The Balaban J connectivity index is 2.43. The SMILES string of the molecule is COCCOCCOc1ccc(/C(N)=N/O)cc1F. The maximum absolute atomic E-state index is 13.6. The summed E-state index contributed by atoms with van der Waals surface area (Å²) in [5, 5.41) is 11.3. The summed E-state index contributed by atoms with van der Waals surface area (Å²) in [6, 6.07) is 4.05. The molecule has 0 bridgehead atoms. The van der Waals surface area contributed by atoms with Crippen molar-refractivity contribution in [3.8, 4) is 5.75 Å². The van der Waals surface area contributed by atoms with E-state index >= 15 is 0 Å². The smallest absolute Gasteiger partial charge is 0.170 e. The third-order valence-electron chi connectivity index (χ3n) is 2.25. The van der Waals surface area contributed by atoms with Gasteiger partial charge >= 0.3 is 0 Å². The molecule has 0 spiro atoms. The first-order chi connectivity index (χ1) is 9.19. The molecule has 106 valence electrons. The fourth-order valence-corrected chi connectivity index (χ4v) is 1.29. The molecule has 0 atom stereocenters. The standard InChI is InChI=1S/C12H17FN2O4/c1-17-4-5-18-6-7-19-11-3-2-9(8-10(11)13)12(14)15-16/h2-3,8,16H,4-7H2,1H3,(H2,14,15). The maximum atomic E-state index is 13.6. The molecule has 0 amide bonds. The molecule has 0 radical (unpaired) electrons. The highest BCUT2D eigenvalue weighted by Gasteiger charge is 2.07. The molecular formula is C12H17FN2O4. The van der Waals surface area contributed by atoms with E-state index in [1.165, 1.54) is 12.1 Å². The van der Waals surface area contributed by atoms with E-state index in [4.69, 9.17) is 25.2 Å². The van der Waals surface area contributed by atoms with Crippen molar-refractivity contribution >= 4 is 5.84 Å². The van der Waals surface area contributed by atoms with Crippen molar-refractivity contribution in [2.45, 2.75) is 0 Å². The van der Waals surface area contributed by atoms with Crippen LogP contribution in [0, 0.1) is 5.82 Å². The highest BCUT2D eigenvalue weighted by molar-refractivity contribution is 5.97. The lowest BCUT2D eigenvalue weighted by Gasteiger charge is -2.08. The molecule has 0 saturated carbocycles. The number of nitrogens with zero attached hydrogens (tertiary/aromatic N) is 1. The van der Waals surface area contributed by atoms with E-state index in [0.717, 1.165) is 6.07 Å². The fourth-order valence-electron chi connectivity index (χ4n) is 1.29. The highest BCUT2D eigenvalue weighted by Crippen LogP contribution is 2.18. The van der Waals surface area contributed by atoms with Crippen LogP contribution < -0.4 is 10.5 Å². The summed E-state index contributed by atoms with van der Waals surface area (Å²) < 4.78 is 28.8. The summed E-state index contributed by atoms with van der Waals surface area (Å²) in [6.45, 7) is 1.53. The molecule has 0 aromatic heterocycles. The number of hydrogen-bond acceptors (Lipinski definition) is 5. The van der Waals surface area contributed by atoms with E-state index in [1.54, 1.807) is 7.11 Å². The summed E-state index contributed by atoms with van der Waals surface area (Å²) in [7, 11) is 1.58. The predicted octanol–water partition coefficient (Wildman–Crippen LogP) is 0.962. The lowest BCUT2D eigenvalue weighted by atomic mass is 10.2. The second-order valence-electron chi connectivity index (χ2n) is 3.58. The van der Waals surface area contributed by atoms with Gasteiger partial charge in [-0.05, 0) is 18.2 Å². The van der Waals surface area contributed by atoms with Gasteiger partial charge in [0.15, 0.2) is 17.4 Å². The van der Waals surface area contributed by atoms with E-state index in [9.17, 15) is 4.39 Å². The van der Waals surface area contributed by atoms with Crippen molar-refractivity contribution in [2.24, 2.45) is 10.9 Å². The molecule has 0 aliphatic rings. The van der Waals surface area contributed by atoms with Gasteiger partial charge in [-0.1, -0.05) is 5.16 Å². The molecular weight excluding hydrogens is 255 g/mol. The Morgan fingerprint density at radius 2 is 2.05 bits per heavy atom. The van der Waals surface area contributed by atoms with Crippen molar-refractivity contribution in [3.63, 3.8) is 0 Å². The quantitative estimate of drug-likeness (QED) is 0.242. The normalized spacial score (nSPS) is 11.6. The minimum absolute atomic E-state index is 0.0878. The average molecular weight is 272 g/mol. The van der Waals surface area contributed by atoms with Crippen molar-refractivity contribution in [2.75, 3.05) is 33.5 Å². The van der Waals surface area contributed by atoms with E-state index < -0.39 is 5.82 Å². The summed E-state index contributed by atoms with van der Waals surface area (Å²) in [5.74, 6) is -0.654. The second kappa shape index (κ2) is 8.28. The van der Waals surface area contributed by atoms with E-state index in [2.05, 4.69) is 5.16 Å². The number of ether oxygens (including phenoxy) is 3. The fraction of sp³-hybridized carbons (Fsp3) is 0.417. The zero-order valence-electron chi connectivity index (χ0n) is 10.6. The van der Waals surface area contributed by atoms with Crippen LogP contribution in [0.5, 0.6) is 5.75 Å². The molecule has 0 saturated heterocycles. The Hall–Kier alpha value is -1.86. The predicted molar refractivity (Wildman–Crippen MR) is 67.1 cm³/mol. The molecule has 6 nitrogen and oxygen atoms in total. The van der Waals surface area contributed by atoms with Gasteiger partial charge < -0.3 is 25.2 Å². The monoisotopic (exact) mass is 272 g/mol. The van der Waals surface area contributed by atoms with Crippen LogP contribution in [-0.2, 0) is 9.47 Å². The average Bonchev–Trinajstić information content (AvgIpc) is 2.43. The number of methoxy groups -OCH3 is 1. The van der Waals surface area contributed by atoms with Gasteiger partial charge in [0.1, 0.15) is 6.61 Å². The third kappa shape index (κ3) is 5.11. The van der Waals surface area contributed by atoms with Crippen molar-refractivity contribution < 1.29 is 23.8 Å². The number of rotatable bonds is 8. The van der Waals surface area contributed by atoms with Gasteiger partial charge in [0.05, 0.1) is 19.8 Å². The molecule has 0 aliphatic carbocycles. The van der Waals surface area contributed by atoms with Crippen molar-refractivity contribution in [3.05, 3.63) is 29.6 Å². The van der Waals surface area contributed by atoms with Gasteiger partial charge in [-0.3, -0.25) is 0 Å². The lowest BCUT2D eigenvalue weighted by molar-refractivity contribution is 0.0538. The lowest BCUT2D eigenvalue weighted by Crippen LogP contribution is -2.14. The van der Waals surface area contributed by atoms with Gasteiger partial charge in [0, 0.05) is 12.7 Å². The molecule has 3 N–H and O–H groups in total. The first kappa shape index (κ1) is 15.2. The molecule has 0 aliphatic heterocycles. The minimum atomic E-state index is -0.582. The van der Waals surface area contributed by atoms with E-state index in [-0.39, 0.29) is 23.8 Å². The zero-order chi connectivity index (χ0) is 14.1. The molecule has 1 rings (SSSR count). The molecule has 0 unspecified atom stereocenters. The number of halogens is 1. The Bertz CT molecular complexity index is 426. The topological polar surface area (TPSA) is 86.3 Å². The van der Waals surface area contributed by atoms with Gasteiger partial charge in [0.25, 0.3) is 0 Å². The first-order valence-electron chi connectivity index (χ1n) is 5.66. The summed E-state index contributed by atoms with van der Waals surface area (Å²) >= 11 is 0. The van der Waals surface area contributed by atoms with Crippen LogP contribution in [0.25, 0.3) is 0 Å². The maximum Gasteiger partial charge on any atom is 0.170 e. The van der Waals surface area contributed by atoms with Crippen LogP contribution in [0.2, 0.25) is 0 Å². The van der Waals surface area contributed by atoms with Gasteiger partial charge in [0.2, 0.25) is 0 Å². The molecule has 1 aromatic carbocycles. The van der Waals surface area contributed by atoms with E-state index in [0.29, 0.717) is 19.8 Å². The van der Waals surface area contributed by atoms with Crippen LogP contribution in [0.4, 0.5) is 4.39 Å². The molecule has 0 fully saturated rings. The molecule has 1 aromatic rings. The third-order valence-corrected chi connectivity index (χ3v) is 2.25. The summed E-state index contributed by atoms with van der Waals surface area (Å²) in [6.07, 6.45) is 0. The zero-order valence-corrected chi connectivity index (χ0v) is 10.6. The number of amidine groups is 1. The Labute approximate surface area is 110 Å². The molecule has 7 heteroatoms. The Morgan fingerprint density at radius 3 is 2.68 bits per heavy atom. The van der Waals surface area contributed by atoms with Gasteiger partial charge in [-0.25, -0.2) is 4.39 Å². The van der Waals surface area contributed by atoms with Crippen LogP contribution in [-0.4, -0.2) is 44.6 Å². The minimum Gasteiger partial charge on any atom is -0.488 e. The molecule has 19 heavy (non-hydrogen) atoms. The van der Waals surface area contributed by atoms with Gasteiger partial charge in [-0.2, -0.15) is 0 Å². The number of hydrogen-bond donors (Lipinski definition) is 2. The summed E-state index contributed by atoms with van der Waals surface area (Å²) in [5.41, 5.74) is 5.62. The second-order valence-corrected chi connectivity index (χ2v) is 3.58. The highest BCUT2D eigenvalue weighted by atomic mass is 19.1. The Kier molecular flexibility index (Phi) is 6.62. The Morgan fingerprint density at radius 1 is 1.32 bits per heavy atom. The molecule has 0 heterocycles. The van der Waals surface area contributed by atoms with Crippen LogP contribution >= 0.6 is 0 Å².